The van der Waals surface area contributed by atoms with Crippen molar-refractivity contribution in [2.24, 2.45) is 0 Å². The molecule has 150 valence electrons. The van der Waals surface area contributed by atoms with Crippen LogP contribution in [0.5, 0.6) is 11.5 Å². The van der Waals surface area contributed by atoms with Gasteiger partial charge in [0.05, 0.1) is 25.3 Å². The van der Waals surface area contributed by atoms with Crippen molar-refractivity contribution in [1.82, 2.24) is 0 Å². The quantitative estimate of drug-likeness (QED) is 0.793. The van der Waals surface area contributed by atoms with Gasteiger partial charge in [-0.1, -0.05) is 0 Å². The zero-order valence-corrected chi connectivity index (χ0v) is 15.8. The summed E-state index contributed by atoms with van der Waals surface area (Å²) in [4.78, 5) is 28.9. The molecule has 1 N–H and O–H groups in total. The van der Waals surface area contributed by atoms with Crippen LogP contribution in [0.2, 0.25) is 0 Å². The maximum absolute atomic E-state index is 12.9. The highest BCUT2D eigenvalue weighted by Gasteiger charge is 2.40. The van der Waals surface area contributed by atoms with E-state index >= 15 is 0 Å². The van der Waals surface area contributed by atoms with Crippen LogP contribution >= 0.6 is 0 Å². The summed E-state index contributed by atoms with van der Waals surface area (Å²) in [6.45, 7) is 3.34. The lowest BCUT2D eigenvalue weighted by molar-refractivity contribution is -0.121. The maximum Gasteiger partial charge on any atom is 0.256 e. The van der Waals surface area contributed by atoms with E-state index in [0.717, 1.165) is 37.7 Å². The van der Waals surface area contributed by atoms with Crippen LogP contribution < -0.4 is 24.6 Å². The third-order valence-corrected chi connectivity index (χ3v) is 5.35. The molecule has 5 rings (SSSR count). The zero-order valence-electron chi connectivity index (χ0n) is 15.8. The van der Waals surface area contributed by atoms with Crippen molar-refractivity contribution in [2.75, 3.05) is 48.2 Å². The summed E-state index contributed by atoms with van der Waals surface area (Å²) < 4.78 is 16.0. The van der Waals surface area contributed by atoms with Crippen molar-refractivity contribution in [1.29, 1.82) is 0 Å². The van der Waals surface area contributed by atoms with Crippen LogP contribution in [-0.4, -0.2) is 51.0 Å². The Kier molecular flexibility index (Phi) is 4.48. The fraction of sp³-hybridized carbons (Fsp3) is 0.333. The summed E-state index contributed by atoms with van der Waals surface area (Å²) in [7, 11) is 0. The largest absolute Gasteiger partial charge is 0.454 e. The van der Waals surface area contributed by atoms with E-state index in [1.54, 1.807) is 18.2 Å². The van der Waals surface area contributed by atoms with Crippen molar-refractivity contribution in [3.63, 3.8) is 0 Å². The second kappa shape index (κ2) is 7.29. The molecule has 0 spiro atoms. The van der Waals surface area contributed by atoms with Gasteiger partial charge in [-0.05, 0) is 36.4 Å². The fourth-order valence-electron chi connectivity index (χ4n) is 3.83. The number of nitrogens with zero attached hydrogens (tertiary/aromatic N) is 2. The molecule has 3 aliphatic heterocycles. The van der Waals surface area contributed by atoms with Gasteiger partial charge in [0.1, 0.15) is 6.04 Å². The first kappa shape index (κ1) is 17.8. The van der Waals surface area contributed by atoms with Crippen molar-refractivity contribution in [3.05, 3.63) is 42.5 Å². The van der Waals surface area contributed by atoms with Crippen molar-refractivity contribution in [2.45, 2.75) is 12.5 Å². The molecule has 0 aliphatic carbocycles. The van der Waals surface area contributed by atoms with E-state index in [-0.39, 0.29) is 25.0 Å². The average Bonchev–Trinajstić information content (AvgIpc) is 3.32. The minimum Gasteiger partial charge on any atom is -0.454 e. The van der Waals surface area contributed by atoms with Gasteiger partial charge in [-0.15, -0.1) is 0 Å². The molecule has 0 aromatic heterocycles. The Labute approximate surface area is 167 Å². The molecular weight excluding hydrogens is 374 g/mol. The minimum atomic E-state index is -0.595. The lowest BCUT2D eigenvalue weighted by atomic mass is 10.2. The number of imide groups is 1. The van der Waals surface area contributed by atoms with Crippen molar-refractivity contribution < 1.29 is 23.8 Å². The van der Waals surface area contributed by atoms with E-state index in [1.807, 2.05) is 24.3 Å². The highest BCUT2D eigenvalue weighted by Crippen LogP contribution is 2.37. The fourth-order valence-corrected chi connectivity index (χ4v) is 3.83. The average molecular weight is 395 g/mol. The number of rotatable bonds is 4. The van der Waals surface area contributed by atoms with Crippen LogP contribution in [0, 0.1) is 0 Å². The Morgan fingerprint density at radius 3 is 2.41 bits per heavy atom. The molecule has 2 fully saturated rings. The Morgan fingerprint density at radius 1 is 0.897 bits per heavy atom. The first-order valence-corrected chi connectivity index (χ1v) is 9.65. The molecule has 2 aromatic rings. The van der Waals surface area contributed by atoms with Gasteiger partial charge in [0, 0.05) is 30.5 Å². The van der Waals surface area contributed by atoms with Gasteiger partial charge in [0.2, 0.25) is 12.7 Å². The Hall–Kier alpha value is -3.26. The van der Waals surface area contributed by atoms with Crippen LogP contribution in [0.25, 0.3) is 0 Å². The standard InChI is InChI=1S/C21H21N3O5/c25-20-12-17(21(26)24(20)16-5-6-18-19(11-16)29-13-28-18)22-14-1-3-15(4-2-14)23-7-9-27-10-8-23/h1-6,11,17,22H,7-10,12-13H2/t17-/m0/s1. The number of amides is 2. The summed E-state index contributed by atoms with van der Waals surface area (Å²) in [5.74, 6) is 0.642. The topological polar surface area (TPSA) is 80.3 Å². The molecule has 0 radical (unpaired) electrons. The molecule has 8 heteroatoms. The summed E-state index contributed by atoms with van der Waals surface area (Å²) in [6, 6.07) is 12.4. The Balaban J connectivity index is 1.28. The highest BCUT2D eigenvalue weighted by molar-refractivity contribution is 6.23. The van der Waals surface area contributed by atoms with Gasteiger partial charge in [0.25, 0.3) is 5.91 Å². The summed E-state index contributed by atoms with van der Waals surface area (Å²) in [6.07, 6.45) is 0.110. The molecule has 29 heavy (non-hydrogen) atoms. The number of carbonyl (C=O) groups excluding carboxylic acids is 2. The van der Waals surface area contributed by atoms with Crippen LogP contribution in [0.15, 0.2) is 42.5 Å². The Bertz CT molecular complexity index is 940. The molecule has 0 saturated carbocycles. The first-order valence-electron chi connectivity index (χ1n) is 9.65. The van der Waals surface area contributed by atoms with Gasteiger partial charge in [0.15, 0.2) is 11.5 Å². The summed E-state index contributed by atoms with van der Waals surface area (Å²) in [5, 5.41) is 3.19. The molecule has 8 nitrogen and oxygen atoms in total. The van der Waals surface area contributed by atoms with E-state index in [4.69, 9.17) is 14.2 Å². The predicted octanol–water partition coefficient (Wildman–Crippen LogP) is 2.00. The second-order valence-corrected chi connectivity index (χ2v) is 7.15. The third kappa shape index (κ3) is 3.36. The first-order chi connectivity index (χ1) is 14.2. The number of hydrogen-bond donors (Lipinski definition) is 1. The van der Waals surface area contributed by atoms with Crippen LogP contribution in [0.4, 0.5) is 17.1 Å². The number of fused-ring (bicyclic) bond motifs is 1. The SMILES string of the molecule is O=C1C[C@H](Nc2ccc(N3CCOCC3)cc2)C(=O)N1c1ccc2c(c1)OCO2. The van der Waals surface area contributed by atoms with E-state index in [2.05, 4.69) is 10.2 Å². The predicted molar refractivity (Wildman–Crippen MR) is 107 cm³/mol. The van der Waals surface area contributed by atoms with Crippen LogP contribution in [0.1, 0.15) is 6.42 Å². The molecule has 2 saturated heterocycles. The molecular formula is C21H21N3O5. The Morgan fingerprint density at radius 2 is 1.62 bits per heavy atom. The molecule has 3 aliphatic rings. The van der Waals surface area contributed by atoms with Gasteiger partial charge in [-0.3, -0.25) is 9.59 Å². The van der Waals surface area contributed by atoms with E-state index < -0.39 is 6.04 Å². The van der Waals surface area contributed by atoms with E-state index in [1.165, 1.54) is 4.90 Å². The summed E-state index contributed by atoms with van der Waals surface area (Å²) >= 11 is 0. The van der Waals surface area contributed by atoms with Gasteiger partial charge in [-0.25, -0.2) is 4.90 Å². The second-order valence-electron chi connectivity index (χ2n) is 7.15. The molecule has 0 unspecified atom stereocenters. The van der Waals surface area contributed by atoms with E-state index in [9.17, 15) is 9.59 Å². The number of hydrogen-bond acceptors (Lipinski definition) is 7. The number of nitrogens with one attached hydrogen (secondary N) is 1. The normalized spacial score (nSPS) is 21.0. The van der Waals surface area contributed by atoms with Gasteiger partial charge in [-0.2, -0.15) is 0 Å². The van der Waals surface area contributed by atoms with Crippen molar-refractivity contribution in [3.8, 4) is 11.5 Å². The molecule has 0 bridgehead atoms. The highest BCUT2D eigenvalue weighted by atomic mass is 16.7. The van der Waals surface area contributed by atoms with E-state index in [0.29, 0.717) is 17.2 Å². The monoisotopic (exact) mass is 395 g/mol. The minimum absolute atomic E-state index is 0.110. The molecule has 1 atom stereocenters. The number of anilines is 3. The number of carbonyl (C=O) groups is 2. The van der Waals surface area contributed by atoms with Gasteiger partial charge < -0.3 is 24.4 Å². The molecule has 2 aromatic carbocycles. The number of benzene rings is 2. The van der Waals surface area contributed by atoms with Crippen molar-refractivity contribution >= 4 is 28.9 Å². The number of morpholine rings is 1. The lowest BCUT2D eigenvalue weighted by Gasteiger charge is -2.29. The maximum atomic E-state index is 12.9. The van der Waals surface area contributed by atoms with Crippen LogP contribution in [0.3, 0.4) is 0 Å². The lowest BCUT2D eigenvalue weighted by Crippen LogP contribution is -2.36. The zero-order chi connectivity index (χ0) is 19.8. The van der Waals surface area contributed by atoms with Crippen LogP contribution in [-0.2, 0) is 14.3 Å². The molecule has 2 amide bonds. The summed E-state index contributed by atoms with van der Waals surface area (Å²) in [5.41, 5.74) is 2.42. The molecule has 3 heterocycles. The smallest absolute Gasteiger partial charge is 0.256 e. The number of ether oxygens (including phenoxy) is 3. The van der Waals surface area contributed by atoms with Gasteiger partial charge >= 0.3 is 0 Å². The third-order valence-electron chi connectivity index (χ3n) is 5.35.